The molecule has 2 N–H and O–H groups in total. The SMILES string of the molecule is CCNC(=NCC(C)CN1CCOCC1)NC1CCC(=O)N(C)C1.I. The molecule has 0 aromatic heterocycles. The van der Waals surface area contributed by atoms with Crippen molar-refractivity contribution >= 4 is 35.8 Å². The average Bonchev–Trinajstić information content (AvgIpc) is 2.57. The molecule has 0 bridgehead atoms. The summed E-state index contributed by atoms with van der Waals surface area (Å²) in [5, 5.41) is 6.80. The number of nitrogens with zero attached hydrogens (tertiary/aromatic N) is 3. The van der Waals surface area contributed by atoms with Gasteiger partial charge in [0.15, 0.2) is 5.96 Å². The Morgan fingerprint density at radius 1 is 1.40 bits per heavy atom. The van der Waals surface area contributed by atoms with Crippen molar-refractivity contribution in [3.63, 3.8) is 0 Å². The largest absolute Gasteiger partial charge is 0.379 e. The minimum Gasteiger partial charge on any atom is -0.379 e. The third-order valence-corrected chi connectivity index (χ3v) is 4.55. The molecule has 2 aliphatic rings. The van der Waals surface area contributed by atoms with Crippen LogP contribution in [0.4, 0.5) is 0 Å². The van der Waals surface area contributed by atoms with E-state index in [1.165, 1.54) is 0 Å². The van der Waals surface area contributed by atoms with Crippen LogP contribution in [-0.4, -0.2) is 87.2 Å². The predicted octanol–water partition coefficient (Wildman–Crippen LogP) is 0.749. The second-order valence-electron chi connectivity index (χ2n) is 6.89. The van der Waals surface area contributed by atoms with Gasteiger partial charge in [0.25, 0.3) is 0 Å². The predicted molar refractivity (Wildman–Crippen MR) is 112 cm³/mol. The van der Waals surface area contributed by atoms with Crippen molar-refractivity contribution < 1.29 is 9.53 Å². The van der Waals surface area contributed by atoms with Gasteiger partial charge in [0.2, 0.25) is 5.91 Å². The molecule has 2 fully saturated rings. The molecule has 0 aromatic carbocycles. The summed E-state index contributed by atoms with van der Waals surface area (Å²) < 4.78 is 5.40. The molecule has 0 aromatic rings. The van der Waals surface area contributed by atoms with E-state index in [2.05, 4.69) is 29.4 Å². The fourth-order valence-electron chi connectivity index (χ4n) is 3.17. The van der Waals surface area contributed by atoms with Crippen LogP contribution in [0.1, 0.15) is 26.7 Å². The standard InChI is InChI=1S/C17H33N5O2.HI/c1-4-18-17(20-15-5-6-16(23)21(3)13-15)19-11-14(2)12-22-7-9-24-10-8-22;/h14-15H,4-13H2,1-3H3,(H2,18,19,20);1H. The van der Waals surface area contributed by atoms with E-state index in [1.807, 2.05) is 7.05 Å². The highest BCUT2D eigenvalue weighted by atomic mass is 127. The molecule has 25 heavy (non-hydrogen) atoms. The zero-order valence-corrected chi connectivity index (χ0v) is 18.1. The molecule has 2 unspecified atom stereocenters. The Bertz CT molecular complexity index is 429. The summed E-state index contributed by atoms with van der Waals surface area (Å²) in [5.41, 5.74) is 0. The van der Waals surface area contributed by atoms with E-state index in [9.17, 15) is 4.79 Å². The Morgan fingerprint density at radius 3 is 2.76 bits per heavy atom. The zero-order valence-electron chi connectivity index (χ0n) is 15.8. The van der Waals surface area contributed by atoms with Gasteiger partial charge in [-0.05, 0) is 19.3 Å². The quantitative estimate of drug-likeness (QED) is 0.343. The van der Waals surface area contributed by atoms with Gasteiger partial charge in [0.05, 0.1) is 13.2 Å². The number of guanidine groups is 1. The summed E-state index contributed by atoms with van der Waals surface area (Å²) in [6, 6.07) is 0.278. The highest BCUT2D eigenvalue weighted by Crippen LogP contribution is 2.09. The number of hydrogen-bond acceptors (Lipinski definition) is 4. The topological polar surface area (TPSA) is 69.2 Å². The number of hydrogen-bond donors (Lipinski definition) is 2. The lowest BCUT2D eigenvalue weighted by molar-refractivity contribution is -0.132. The molecule has 0 radical (unpaired) electrons. The summed E-state index contributed by atoms with van der Waals surface area (Å²) in [4.78, 5) is 20.6. The molecule has 2 heterocycles. The van der Waals surface area contributed by atoms with Gasteiger partial charge < -0.3 is 20.3 Å². The maximum absolute atomic E-state index is 11.6. The van der Waals surface area contributed by atoms with Crippen LogP contribution in [0.5, 0.6) is 0 Å². The van der Waals surface area contributed by atoms with Gasteiger partial charge >= 0.3 is 0 Å². The smallest absolute Gasteiger partial charge is 0.222 e. The molecular formula is C17H34IN5O2. The molecule has 1 amide bonds. The number of carbonyl (C=O) groups is 1. The summed E-state index contributed by atoms with van der Waals surface area (Å²) in [5.74, 6) is 1.60. The lowest BCUT2D eigenvalue weighted by Gasteiger charge is -2.31. The summed E-state index contributed by atoms with van der Waals surface area (Å²) in [6.07, 6.45) is 1.48. The summed E-state index contributed by atoms with van der Waals surface area (Å²) in [6.45, 7) is 11.5. The van der Waals surface area contributed by atoms with Crippen LogP contribution < -0.4 is 10.6 Å². The lowest BCUT2D eigenvalue weighted by atomic mass is 10.1. The fourth-order valence-corrected chi connectivity index (χ4v) is 3.17. The second kappa shape index (κ2) is 11.9. The second-order valence-corrected chi connectivity index (χ2v) is 6.89. The highest BCUT2D eigenvalue weighted by Gasteiger charge is 2.23. The minimum absolute atomic E-state index is 0. The van der Waals surface area contributed by atoms with E-state index in [1.54, 1.807) is 4.90 Å². The van der Waals surface area contributed by atoms with Gasteiger partial charge in [-0.1, -0.05) is 6.92 Å². The van der Waals surface area contributed by atoms with Crippen LogP contribution in [0.2, 0.25) is 0 Å². The van der Waals surface area contributed by atoms with E-state index in [0.717, 1.165) is 64.9 Å². The first-order chi connectivity index (χ1) is 11.6. The monoisotopic (exact) mass is 467 g/mol. The van der Waals surface area contributed by atoms with Crippen molar-refractivity contribution in [3.05, 3.63) is 0 Å². The van der Waals surface area contributed by atoms with Crippen molar-refractivity contribution in [3.8, 4) is 0 Å². The first-order valence-corrected chi connectivity index (χ1v) is 9.17. The first-order valence-electron chi connectivity index (χ1n) is 9.17. The summed E-state index contributed by atoms with van der Waals surface area (Å²) >= 11 is 0. The van der Waals surface area contributed by atoms with Crippen LogP contribution >= 0.6 is 24.0 Å². The highest BCUT2D eigenvalue weighted by molar-refractivity contribution is 14.0. The molecule has 8 heteroatoms. The molecule has 2 rings (SSSR count). The number of likely N-dealkylation sites (tertiary alicyclic amines) is 1. The van der Waals surface area contributed by atoms with Gasteiger partial charge in [0.1, 0.15) is 0 Å². The molecule has 146 valence electrons. The van der Waals surface area contributed by atoms with Crippen molar-refractivity contribution in [2.75, 3.05) is 59.5 Å². The Kier molecular flexibility index (Phi) is 10.7. The van der Waals surface area contributed by atoms with Crippen LogP contribution in [0.25, 0.3) is 0 Å². The van der Waals surface area contributed by atoms with Gasteiger partial charge in [0, 0.05) is 58.8 Å². The number of rotatable bonds is 6. The molecule has 2 aliphatic heterocycles. The number of nitrogens with one attached hydrogen (secondary N) is 2. The van der Waals surface area contributed by atoms with E-state index in [4.69, 9.17) is 9.73 Å². The lowest BCUT2D eigenvalue weighted by Crippen LogP contribution is -2.51. The number of carbonyl (C=O) groups excluding carboxylic acids is 1. The van der Waals surface area contributed by atoms with Crippen molar-refractivity contribution in [1.29, 1.82) is 0 Å². The van der Waals surface area contributed by atoms with Gasteiger partial charge in [-0.25, -0.2) is 0 Å². The normalized spacial score (nSPS) is 23.8. The maximum Gasteiger partial charge on any atom is 0.222 e. The number of halogens is 1. The molecular weight excluding hydrogens is 433 g/mol. The van der Waals surface area contributed by atoms with E-state index in [0.29, 0.717) is 12.3 Å². The maximum atomic E-state index is 11.6. The molecule has 0 spiro atoms. The fraction of sp³-hybridized carbons (Fsp3) is 0.882. The van der Waals surface area contributed by atoms with E-state index in [-0.39, 0.29) is 35.9 Å². The molecule has 0 aliphatic carbocycles. The average molecular weight is 467 g/mol. The van der Waals surface area contributed by atoms with Crippen LogP contribution in [-0.2, 0) is 9.53 Å². The van der Waals surface area contributed by atoms with Crippen LogP contribution in [0.15, 0.2) is 4.99 Å². The number of piperidine rings is 1. The number of likely N-dealkylation sites (N-methyl/N-ethyl adjacent to an activating group) is 1. The third kappa shape index (κ3) is 8.08. The van der Waals surface area contributed by atoms with Gasteiger partial charge in [-0.15, -0.1) is 24.0 Å². The number of amides is 1. The number of aliphatic imine (C=N–C) groups is 1. The molecule has 7 nitrogen and oxygen atoms in total. The number of morpholine rings is 1. The molecule has 2 atom stereocenters. The Labute approximate surface area is 169 Å². The van der Waals surface area contributed by atoms with Crippen molar-refractivity contribution in [2.45, 2.75) is 32.7 Å². The minimum atomic E-state index is 0. The van der Waals surface area contributed by atoms with Crippen LogP contribution in [0.3, 0.4) is 0 Å². The Morgan fingerprint density at radius 2 is 2.12 bits per heavy atom. The van der Waals surface area contributed by atoms with Gasteiger partial charge in [-0.2, -0.15) is 0 Å². The molecule has 2 saturated heterocycles. The van der Waals surface area contributed by atoms with Gasteiger partial charge in [-0.3, -0.25) is 14.7 Å². The first kappa shape index (κ1) is 22.4. The van der Waals surface area contributed by atoms with E-state index < -0.39 is 0 Å². The number of ether oxygens (including phenoxy) is 1. The Balaban J connectivity index is 0.00000312. The summed E-state index contributed by atoms with van der Waals surface area (Å²) in [7, 11) is 1.87. The van der Waals surface area contributed by atoms with Crippen LogP contribution in [0, 0.1) is 5.92 Å². The third-order valence-electron chi connectivity index (χ3n) is 4.55. The zero-order chi connectivity index (χ0) is 17.4. The Hall–Kier alpha value is -0.610. The van der Waals surface area contributed by atoms with Crippen molar-refractivity contribution in [1.82, 2.24) is 20.4 Å². The van der Waals surface area contributed by atoms with E-state index >= 15 is 0 Å². The molecule has 0 saturated carbocycles. The van der Waals surface area contributed by atoms with Crippen molar-refractivity contribution in [2.24, 2.45) is 10.9 Å².